The van der Waals surface area contributed by atoms with Crippen molar-refractivity contribution in [2.75, 3.05) is 0 Å². The van der Waals surface area contributed by atoms with Crippen LogP contribution in [0.4, 0.5) is 9.59 Å². The number of carbonyl (C=O) groups is 2. The van der Waals surface area contributed by atoms with Crippen molar-refractivity contribution in [1.82, 2.24) is 20.4 Å². The largest absolute Gasteiger partial charge is 0.321 e. The third-order valence-electron chi connectivity index (χ3n) is 4.86. The first kappa shape index (κ1) is 12.5. The minimum Gasteiger partial charge on any atom is -0.317 e. The Labute approximate surface area is 123 Å². The molecule has 0 aromatic heterocycles. The van der Waals surface area contributed by atoms with E-state index in [1.807, 2.05) is 24.3 Å². The van der Waals surface area contributed by atoms with Crippen molar-refractivity contribution >= 4 is 12.1 Å². The molecule has 0 radical (unpaired) electrons. The van der Waals surface area contributed by atoms with Crippen LogP contribution >= 0.6 is 0 Å². The molecule has 3 heterocycles. The highest BCUT2D eigenvalue weighted by molar-refractivity contribution is 5.83. The number of nitrogens with one attached hydrogen (secondary N) is 2. The minimum atomic E-state index is -0.323. The number of carbonyl (C=O) groups excluding carboxylic acids is 2. The first-order valence-corrected chi connectivity index (χ1v) is 7.19. The molecule has 4 rings (SSSR count). The summed E-state index contributed by atoms with van der Waals surface area (Å²) in [5.74, 6) is 0. The number of nitrogens with zero attached hydrogens (tertiary/aromatic N) is 2. The van der Waals surface area contributed by atoms with E-state index >= 15 is 0 Å². The SMILES string of the molecule is CC1(C)C2NC(=O)N3Cc4ccccc4CN(C(=O)N2)C31. The van der Waals surface area contributed by atoms with Crippen molar-refractivity contribution in [2.24, 2.45) is 5.41 Å². The van der Waals surface area contributed by atoms with Gasteiger partial charge in [-0.1, -0.05) is 38.1 Å². The van der Waals surface area contributed by atoms with Crippen molar-refractivity contribution in [2.45, 2.75) is 39.3 Å². The molecule has 2 fully saturated rings. The molecule has 0 saturated carbocycles. The molecular weight excluding hydrogens is 268 g/mol. The van der Waals surface area contributed by atoms with Gasteiger partial charge in [-0.15, -0.1) is 0 Å². The zero-order chi connectivity index (χ0) is 14.8. The summed E-state index contributed by atoms with van der Waals surface area (Å²) in [7, 11) is 0. The summed E-state index contributed by atoms with van der Waals surface area (Å²) in [5.41, 5.74) is 1.94. The van der Waals surface area contributed by atoms with Crippen LogP contribution in [-0.4, -0.2) is 34.2 Å². The minimum absolute atomic E-state index is 0.119. The maximum Gasteiger partial charge on any atom is 0.321 e. The molecule has 0 atom stereocenters. The van der Waals surface area contributed by atoms with Crippen LogP contribution in [0.1, 0.15) is 25.0 Å². The molecule has 0 spiro atoms. The number of hydrogen-bond acceptors (Lipinski definition) is 2. The highest BCUT2D eigenvalue weighted by Gasteiger charge is 2.56. The number of fused-ring (bicyclic) bond motifs is 2. The lowest BCUT2D eigenvalue weighted by Gasteiger charge is -2.57. The van der Waals surface area contributed by atoms with E-state index in [4.69, 9.17) is 0 Å². The predicted octanol–water partition coefficient (Wildman–Crippen LogP) is 1.43. The predicted molar refractivity (Wildman–Crippen MR) is 75.9 cm³/mol. The van der Waals surface area contributed by atoms with Gasteiger partial charge in [-0.3, -0.25) is 9.80 Å². The molecule has 1 aromatic carbocycles. The summed E-state index contributed by atoms with van der Waals surface area (Å²) >= 11 is 0. The molecule has 1 aromatic rings. The smallest absolute Gasteiger partial charge is 0.317 e. The van der Waals surface area contributed by atoms with Crippen LogP contribution in [0, 0.1) is 5.41 Å². The molecule has 21 heavy (non-hydrogen) atoms. The summed E-state index contributed by atoms with van der Waals surface area (Å²) in [6.07, 6.45) is -0.548. The fourth-order valence-corrected chi connectivity index (χ4v) is 3.71. The molecule has 2 bridgehead atoms. The molecule has 0 unspecified atom stereocenters. The Bertz CT molecular complexity index is 595. The fourth-order valence-electron chi connectivity index (χ4n) is 3.71. The van der Waals surface area contributed by atoms with Crippen LogP contribution < -0.4 is 10.6 Å². The van der Waals surface area contributed by atoms with Crippen molar-refractivity contribution in [3.63, 3.8) is 0 Å². The number of urea groups is 2. The van der Waals surface area contributed by atoms with E-state index in [0.29, 0.717) is 13.1 Å². The van der Waals surface area contributed by atoms with Crippen LogP contribution in [0.25, 0.3) is 0 Å². The van der Waals surface area contributed by atoms with E-state index in [1.165, 1.54) is 0 Å². The van der Waals surface area contributed by atoms with Crippen LogP contribution in [0.15, 0.2) is 24.3 Å². The molecule has 2 saturated heterocycles. The molecule has 3 aliphatic heterocycles. The van der Waals surface area contributed by atoms with Gasteiger partial charge in [0.05, 0.1) is 0 Å². The Balaban J connectivity index is 1.88. The summed E-state index contributed by atoms with van der Waals surface area (Å²) < 4.78 is 0. The molecule has 6 heteroatoms. The normalized spacial score (nSPS) is 24.1. The number of benzene rings is 1. The molecule has 6 nitrogen and oxygen atoms in total. The second kappa shape index (κ2) is 3.90. The van der Waals surface area contributed by atoms with Crippen molar-refractivity contribution in [1.29, 1.82) is 0 Å². The van der Waals surface area contributed by atoms with Gasteiger partial charge in [-0.25, -0.2) is 9.59 Å². The summed E-state index contributed by atoms with van der Waals surface area (Å²) in [4.78, 5) is 28.4. The lowest BCUT2D eigenvalue weighted by Crippen LogP contribution is -2.79. The maximum absolute atomic E-state index is 12.4. The molecule has 4 amide bonds. The standard InChI is InChI=1S/C15H18N4O2/c1-15(2)11-16-13(20)18-7-9-5-3-4-6-10(9)8-19(12(15)18)14(21)17-11/h3-6,11-12H,7-8H2,1-2H3,(H,16,20)(H,17,21). The molecule has 110 valence electrons. The molecule has 3 aliphatic rings. The first-order valence-electron chi connectivity index (χ1n) is 7.19. The lowest BCUT2D eigenvalue weighted by atomic mass is 9.80. The van der Waals surface area contributed by atoms with Gasteiger partial charge in [0.1, 0.15) is 12.3 Å². The van der Waals surface area contributed by atoms with Crippen molar-refractivity contribution in [3.8, 4) is 0 Å². The van der Waals surface area contributed by atoms with Crippen molar-refractivity contribution < 1.29 is 9.59 Å². The fraction of sp³-hybridized carbons (Fsp3) is 0.467. The molecule has 0 aliphatic carbocycles. The summed E-state index contributed by atoms with van der Waals surface area (Å²) in [6, 6.07) is 7.76. The summed E-state index contributed by atoms with van der Waals surface area (Å²) in [6.45, 7) is 5.23. The maximum atomic E-state index is 12.4. The number of rotatable bonds is 0. The Morgan fingerprint density at radius 2 is 1.48 bits per heavy atom. The quantitative estimate of drug-likeness (QED) is 0.758. The van der Waals surface area contributed by atoms with E-state index in [2.05, 4.69) is 24.5 Å². The van der Waals surface area contributed by atoms with Gasteiger partial charge in [0, 0.05) is 18.5 Å². The Kier molecular flexibility index (Phi) is 2.32. The van der Waals surface area contributed by atoms with E-state index in [-0.39, 0.29) is 29.8 Å². The first-order chi connectivity index (χ1) is 9.98. The molecule has 2 N–H and O–H groups in total. The topological polar surface area (TPSA) is 64.7 Å². The average Bonchev–Trinajstić information content (AvgIpc) is 2.62. The second-order valence-electron chi connectivity index (χ2n) is 6.55. The van der Waals surface area contributed by atoms with Crippen molar-refractivity contribution in [3.05, 3.63) is 35.4 Å². The monoisotopic (exact) mass is 286 g/mol. The Morgan fingerprint density at radius 1 is 1.00 bits per heavy atom. The highest BCUT2D eigenvalue weighted by atomic mass is 16.2. The van der Waals surface area contributed by atoms with Crippen LogP contribution in [0.5, 0.6) is 0 Å². The third-order valence-corrected chi connectivity index (χ3v) is 4.86. The van der Waals surface area contributed by atoms with E-state index in [9.17, 15) is 9.59 Å². The van der Waals surface area contributed by atoms with Gasteiger partial charge in [-0.2, -0.15) is 0 Å². The highest BCUT2D eigenvalue weighted by Crippen LogP contribution is 2.40. The summed E-state index contributed by atoms with van der Waals surface area (Å²) in [5, 5.41) is 5.82. The average molecular weight is 286 g/mol. The van der Waals surface area contributed by atoms with Gasteiger partial charge < -0.3 is 10.6 Å². The zero-order valence-corrected chi connectivity index (χ0v) is 12.1. The Morgan fingerprint density at radius 3 is 1.95 bits per heavy atom. The van der Waals surface area contributed by atoms with Crippen LogP contribution in [0.2, 0.25) is 0 Å². The number of amides is 4. The van der Waals surface area contributed by atoms with Gasteiger partial charge in [0.25, 0.3) is 0 Å². The van der Waals surface area contributed by atoms with Gasteiger partial charge in [-0.05, 0) is 11.1 Å². The van der Waals surface area contributed by atoms with Crippen LogP contribution in [0.3, 0.4) is 0 Å². The van der Waals surface area contributed by atoms with E-state index in [1.54, 1.807) is 9.80 Å². The molecular formula is C15H18N4O2. The zero-order valence-electron chi connectivity index (χ0n) is 12.1. The van der Waals surface area contributed by atoms with Gasteiger partial charge in [0.15, 0.2) is 0 Å². The Hall–Kier alpha value is -2.24. The van der Waals surface area contributed by atoms with Gasteiger partial charge in [0.2, 0.25) is 0 Å². The van der Waals surface area contributed by atoms with Crippen LogP contribution in [-0.2, 0) is 13.1 Å². The lowest BCUT2D eigenvalue weighted by molar-refractivity contribution is -0.0643. The second-order valence-corrected chi connectivity index (χ2v) is 6.55. The third kappa shape index (κ3) is 1.58. The van der Waals surface area contributed by atoms with E-state index in [0.717, 1.165) is 11.1 Å². The van der Waals surface area contributed by atoms with E-state index < -0.39 is 0 Å². The number of hydrogen-bond donors (Lipinski definition) is 2. The van der Waals surface area contributed by atoms with Gasteiger partial charge >= 0.3 is 12.1 Å².